The predicted octanol–water partition coefficient (Wildman–Crippen LogP) is 5.78. The van der Waals surface area contributed by atoms with Gasteiger partial charge in [-0.2, -0.15) is 0 Å². The summed E-state index contributed by atoms with van der Waals surface area (Å²) in [6.07, 6.45) is 0. The molecule has 2 aromatic carbocycles. The first-order chi connectivity index (χ1) is 8.29. The topological polar surface area (TPSA) is 0 Å². The molecule has 0 aliphatic heterocycles. The second-order valence-corrected chi connectivity index (χ2v) is 5.64. The maximum absolute atomic E-state index is 5.89. The predicted molar refractivity (Wildman–Crippen MR) is 80.3 cm³/mol. The lowest BCUT2D eigenvalue weighted by Gasteiger charge is -2.06. The van der Waals surface area contributed by atoms with Crippen LogP contribution in [-0.2, 0) is 0 Å². The van der Waals surface area contributed by atoms with Crippen LogP contribution in [0, 0.1) is 0 Å². The molecule has 0 aliphatic carbocycles. The molecule has 0 saturated heterocycles. The van der Waals surface area contributed by atoms with E-state index < -0.39 is 0 Å². The van der Waals surface area contributed by atoms with Crippen LogP contribution in [0.3, 0.4) is 0 Å². The highest BCUT2D eigenvalue weighted by atomic mass is 79.9. The monoisotopic (exact) mass is 324 g/mol. The number of hydrogen-bond donors (Lipinski definition) is 0. The van der Waals surface area contributed by atoms with Gasteiger partial charge in [0, 0.05) is 19.8 Å². The highest BCUT2D eigenvalue weighted by Crippen LogP contribution is 2.35. The summed E-state index contributed by atoms with van der Waals surface area (Å²) in [5, 5.41) is 0. The minimum atomic E-state index is 1.05. The maximum Gasteiger partial charge on any atom is 0.0307 e. The summed E-state index contributed by atoms with van der Waals surface area (Å²) in [5.41, 5.74) is 2.76. The van der Waals surface area contributed by atoms with Gasteiger partial charge in [0.15, 0.2) is 0 Å². The lowest BCUT2D eigenvalue weighted by molar-refractivity contribution is 1.45. The van der Waals surface area contributed by atoms with E-state index in [0.717, 1.165) is 14.9 Å². The summed E-state index contributed by atoms with van der Waals surface area (Å²) in [6.45, 7) is 0. The van der Waals surface area contributed by atoms with Crippen LogP contribution >= 0.6 is 39.3 Å². The molecule has 0 unspecified atom stereocenters. The van der Waals surface area contributed by atoms with Crippen molar-refractivity contribution in [3.63, 3.8) is 0 Å². The van der Waals surface area contributed by atoms with Gasteiger partial charge in [0.25, 0.3) is 0 Å². The summed E-state index contributed by atoms with van der Waals surface area (Å²) < 4.78 is 1.08. The van der Waals surface area contributed by atoms with Gasteiger partial charge < -0.3 is 0 Å². The normalized spacial score (nSPS) is 11.5. The molecule has 0 radical (unpaired) electrons. The fraction of sp³-hybridized carbons (Fsp3) is 0. The number of halogens is 2. The molecule has 0 bridgehead atoms. The van der Waals surface area contributed by atoms with Crippen LogP contribution in [0.15, 0.2) is 69.5 Å². The largest absolute Gasteiger partial charge is 0.0917 e. The van der Waals surface area contributed by atoms with Crippen molar-refractivity contribution in [1.82, 2.24) is 0 Å². The van der Waals surface area contributed by atoms with Crippen molar-refractivity contribution in [2.24, 2.45) is 0 Å². The molecule has 0 N–H and O–H groups in total. The van der Waals surface area contributed by atoms with Gasteiger partial charge in [-0.15, -0.1) is 0 Å². The fourth-order valence-corrected chi connectivity index (χ4v) is 2.72. The van der Waals surface area contributed by atoms with Crippen molar-refractivity contribution in [2.75, 3.05) is 0 Å². The van der Waals surface area contributed by atoms with E-state index in [9.17, 15) is 0 Å². The molecule has 17 heavy (non-hydrogen) atoms. The Hall–Kier alpha value is -0.700. The highest BCUT2D eigenvalue weighted by Gasteiger charge is 2.03. The third-order valence-electron chi connectivity index (χ3n) is 2.20. The highest BCUT2D eigenvalue weighted by molar-refractivity contribution is 9.10. The van der Waals surface area contributed by atoms with Crippen molar-refractivity contribution in [3.8, 4) is 0 Å². The second kappa shape index (κ2) is 6.29. The minimum Gasteiger partial charge on any atom is -0.0917 e. The molecule has 86 valence electrons. The molecule has 0 spiro atoms. The van der Waals surface area contributed by atoms with E-state index in [1.807, 2.05) is 30.3 Å². The smallest absolute Gasteiger partial charge is 0.0307 e. The Morgan fingerprint density at radius 2 is 1.65 bits per heavy atom. The Balaban J connectivity index is 2.19. The van der Waals surface area contributed by atoms with E-state index in [4.69, 9.17) is 11.6 Å². The summed E-state index contributed by atoms with van der Waals surface area (Å²) in [4.78, 5) is 2.22. The van der Waals surface area contributed by atoms with Gasteiger partial charge in [-0.25, -0.2) is 0 Å². The quantitative estimate of drug-likeness (QED) is 0.645. The number of rotatable bonds is 3. The van der Waals surface area contributed by atoms with Gasteiger partial charge in [-0.05, 0) is 29.8 Å². The van der Waals surface area contributed by atoms with Crippen molar-refractivity contribution < 1.29 is 0 Å². The van der Waals surface area contributed by atoms with Crippen LogP contribution in [0.1, 0.15) is 5.56 Å². The molecule has 0 fully saturated rings. The molecule has 0 aliphatic rings. The summed E-state index contributed by atoms with van der Waals surface area (Å²) in [5.74, 6) is 0. The van der Waals surface area contributed by atoms with Gasteiger partial charge in [-0.1, -0.05) is 69.6 Å². The Morgan fingerprint density at radius 3 is 2.24 bits per heavy atom. The van der Waals surface area contributed by atoms with Crippen LogP contribution in [0.25, 0.3) is 4.91 Å². The molecule has 2 rings (SSSR count). The SMILES string of the molecule is Cl/C=C(/Sc1ccc(Br)cc1)c1ccccc1. The average Bonchev–Trinajstić information content (AvgIpc) is 2.39. The van der Waals surface area contributed by atoms with Crippen LogP contribution in [0.5, 0.6) is 0 Å². The van der Waals surface area contributed by atoms with E-state index in [1.165, 1.54) is 4.90 Å². The molecule has 0 heterocycles. The van der Waals surface area contributed by atoms with Gasteiger partial charge in [0.05, 0.1) is 0 Å². The molecule has 0 aromatic heterocycles. The van der Waals surface area contributed by atoms with E-state index in [1.54, 1.807) is 17.3 Å². The molecule has 2 aromatic rings. The number of thioether (sulfide) groups is 1. The lowest BCUT2D eigenvalue weighted by Crippen LogP contribution is -1.79. The first kappa shape index (κ1) is 12.7. The maximum atomic E-state index is 5.89. The first-order valence-electron chi connectivity index (χ1n) is 5.09. The molecular weight excluding hydrogens is 316 g/mol. The van der Waals surface area contributed by atoms with Crippen molar-refractivity contribution in [2.45, 2.75) is 4.90 Å². The number of benzene rings is 2. The molecule has 3 heteroatoms. The third-order valence-corrected chi connectivity index (χ3v) is 4.16. The molecule has 0 saturated carbocycles. The van der Waals surface area contributed by atoms with Crippen molar-refractivity contribution >= 4 is 44.2 Å². The van der Waals surface area contributed by atoms with E-state index in [0.29, 0.717) is 0 Å². The summed E-state index contributed by atoms with van der Waals surface area (Å²) in [7, 11) is 0. The Kier molecular flexibility index (Phi) is 4.72. The Labute approximate surface area is 119 Å². The molecule has 0 atom stereocenters. The van der Waals surface area contributed by atoms with Gasteiger partial charge in [-0.3, -0.25) is 0 Å². The summed E-state index contributed by atoms with van der Waals surface area (Å²) >= 11 is 11.0. The van der Waals surface area contributed by atoms with Gasteiger partial charge in [0.1, 0.15) is 0 Å². The summed E-state index contributed by atoms with van der Waals surface area (Å²) in [6, 6.07) is 18.3. The minimum absolute atomic E-state index is 1.05. The zero-order chi connectivity index (χ0) is 12.1. The first-order valence-corrected chi connectivity index (χ1v) is 7.13. The molecule has 0 amide bonds. The van der Waals surface area contributed by atoms with Crippen LogP contribution < -0.4 is 0 Å². The van der Waals surface area contributed by atoms with E-state index in [-0.39, 0.29) is 0 Å². The zero-order valence-corrected chi connectivity index (χ0v) is 12.1. The Bertz CT molecular complexity index is 506. The Morgan fingerprint density at radius 1 is 1.00 bits per heavy atom. The second-order valence-electron chi connectivity index (χ2n) is 3.40. The number of hydrogen-bond acceptors (Lipinski definition) is 1. The van der Waals surface area contributed by atoms with Crippen molar-refractivity contribution in [3.05, 3.63) is 70.2 Å². The standard InChI is InChI=1S/C14H10BrClS/c15-12-6-8-13(9-7-12)17-14(10-16)11-4-2-1-3-5-11/h1-10H/b14-10+. The zero-order valence-electron chi connectivity index (χ0n) is 8.94. The lowest BCUT2D eigenvalue weighted by atomic mass is 10.2. The van der Waals surface area contributed by atoms with E-state index in [2.05, 4.69) is 40.2 Å². The van der Waals surface area contributed by atoms with E-state index >= 15 is 0 Å². The molecular formula is C14H10BrClS. The van der Waals surface area contributed by atoms with Crippen LogP contribution in [-0.4, -0.2) is 0 Å². The third kappa shape index (κ3) is 3.63. The van der Waals surface area contributed by atoms with Gasteiger partial charge >= 0.3 is 0 Å². The van der Waals surface area contributed by atoms with Crippen LogP contribution in [0.2, 0.25) is 0 Å². The van der Waals surface area contributed by atoms with Gasteiger partial charge in [0.2, 0.25) is 0 Å². The van der Waals surface area contributed by atoms with Crippen molar-refractivity contribution in [1.29, 1.82) is 0 Å². The fourth-order valence-electron chi connectivity index (χ4n) is 1.38. The van der Waals surface area contributed by atoms with Crippen LogP contribution in [0.4, 0.5) is 0 Å². The molecule has 0 nitrogen and oxygen atoms in total. The average molecular weight is 326 g/mol.